The van der Waals surface area contributed by atoms with Gasteiger partial charge in [-0.15, -0.1) is 11.8 Å². The summed E-state index contributed by atoms with van der Waals surface area (Å²) < 4.78 is 10.5. The highest BCUT2D eigenvalue weighted by Crippen LogP contribution is 2.41. The molecule has 1 fully saturated rings. The molecule has 3 aromatic rings. The van der Waals surface area contributed by atoms with Gasteiger partial charge < -0.3 is 24.6 Å². The first-order chi connectivity index (χ1) is 17.8. The number of rotatable bonds is 11. The molecular formula is C28H33ClN2O5S. The van der Waals surface area contributed by atoms with Gasteiger partial charge in [0.1, 0.15) is 11.5 Å². The van der Waals surface area contributed by atoms with Crippen LogP contribution in [0.1, 0.15) is 37.4 Å². The van der Waals surface area contributed by atoms with Gasteiger partial charge in [-0.3, -0.25) is 9.78 Å². The van der Waals surface area contributed by atoms with Crippen molar-refractivity contribution in [2.75, 3.05) is 39.6 Å². The summed E-state index contributed by atoms with van der Waals surface area (Å²) in [5.41, 5.74) is 0.417. The Kier molecular flexibility index (Phi) is 9.18. The average Bonchev–Trinajstić information content (AvgIpc) is 2.92. The van der Waals surface area contributed by atoms with Crippen molar-refractivity contribution >= 4 is 40.2 Å². The third-order valence-electron chi connectivity index (χ3n) is 7.30. The van der Waals surface area contributed by atoms with Gasteiger partial charge in [0.05, 0.1) is 36.3 Å². The second kappa shape index (κ2) is 12.3. The van der Waals surface area contributed by atoms with Crippen LogP contribution in [0.25, 0.3) is 10.9 Å². The largest absolute Gasteiger partial charge is 0.497 e. The number of nitrogens with zero attached hydrogens (tertiary/aromatic N) is 2. The first-order valence-electron chi connectivity index (χ1n) is 12.4. The van der Waals surface area contributed by atoms with E-state index < -0.39 is 17.5 Å². The normalized spacial score (nSPS) is 16.4. The molecule has 37 heavy (non-hydrogen) atoms. The van der Waals surface area contributed by atoms with Gasteiger partial charge in [-0.1, -0.05) is 11.6 Å². The Labute approximate surface area is 226 Å². The van der Waals surface area contributed by atoms with Gasteiger partial charge in [-0.05, 0) is 81.2 Å². The number of aliphatic hydroxyl groups is 1. The fourth-order valence-corrected chi connectivity index (χ4v) is 6.12. The van der Waals surface area contributed by atoms with Crippen molar-refractivity contribution in [3.63, 3.8) is 0 Å². The topological polar surface area (TPSA) is 92.1 Å². The molecule has 7 nitrogen and oxygen atoms in total. The van der Waals surface area contributed by atoms with Crippen LogP contribution in [-0.4, -0.2) is 65.7 Å². The molecule has 1 aromatic heterocycles. The van der Waals surface area contributed by atoms with Gasteiger partial charge in [0.15, 0.2) is 0 Å². The van der Waals surface area contributed by atoms with E-state index in [4.69, 9.17) is 21.1 Å². The smallest absolute Gasteiger partial charge is 0.309 e. The monoisotopic (exact) mass is 544 g/mol. The standard InChI is InChI=1S/C28H33ClN2O5S/c1-35-19-3-6-21(7-4-19)37-16-15-31-13-11-28(12-14-31,27(33)34)10-9-25(32)26-22-17-20(36-2)5-8-24(22)30-18-23(26)29/h3-8,17-18,25,32H,9-16H2,1-2H3,(H,33,34). The SMILES string of the molecule is COc1ccc(SCCN2CCC(CCC(O)c3c(Cl)cnc4ccc(OC)cc34)(C(=O)O)CC2)cc1. The number of hydrogen-bond donors (Lipinski definition) is 2. The van der Waals surface area contributed by atoms with Crippen molar-refractivity contribution in [1.29, 1.82) is 0 Å². The van der Waals surface area contributed by atoms with E-state index >= 15 is 0 Å². The fourth-order valence-electron chi connectivity index (χ4n) is 4.93. The molecule has 0 spiro atoms. The number of fused-ring (bicyclic) bond motifs is 1. The molecule has 0 radical (unpaired) electrons. The highest BCUT2D eigenvalue weighted by atomic mass is 35.5. The number of halogens is 1. The number of aromatic nitrogens is 1. The number of carboxylic acids is 1. The molecular weight excluding hydrogens is 512 g/mol. The lowest BCUT2D eigenvalue weighted by Crippen LogP contribution is -2.45. The molecule has 1 unspecified atom stereocenters. The highest BCUT2D eigenvalue weighted by Gasteiger charge is 2.41. The van der Waals surface area contributed by atoms with Crippen LogP contribution < -0.4 is 9.47 Å². The minimum Gasteiger partial charge on any atom is -0.497 e. The van der Waals surface area contributed by atoms with Crippen LogP contribution in [0.4, 0.5) is 0 Å². The molecule has 1 aliphatic heterocycles. The summed E-state index contributed by atoms with van der Waals surface area (Å²) in [4.78, 5) is 20.2. The first-order valence-corrected chi connectivity index (χ1v) is 13.7. The molecule has 1 atom stereocenters. The lowest BCUT2D eigenvalue weighted by atomic mass is 9.74. The average molecular weight is 545 g/mol. The lowest BCUT2D eigenvalue weighted by molar-refractivity contribution is -0.153. The van der Waals surface area contributed by atoms with E-state index in [1.807, 2.05) is 30.3 Å². The molecule has 2 heterocycles. The van der Waals surface area contributed by atoms with Gasteiger partial charge in [0.25, 0.3) is 0 Å². The molecule has 2 N–H and O–H groups in total. The third-order valence-corrected chi connectivity index (χ3v) is 8.59. The number of thioether (sulfide) groups is 1. The molecule has 9 heteroatoms. The lowest BCUT2D eigenvalue weighted by Gasteiger charge is -2.39. The number of ether oxygens (including phenoxy) is 2. The van der Waals surface area contributed by atoms with Gasteiger partial charge >= 0.3 is 5.97 Å². The second-order valence-corrected chi connectivity index (χ2v) is 11.0. The third kappa shape index (κ3) is 6.49. The van der Waals surface area contributed by atoms with E-state index in [2.05, 4.69) is 22.0 Å². The van der Waals surface area contributed by atoms with Crippen molar-refractivity contribution in [1.82, 2.24) is 9.88 Å². The van der Waals surface area contributed by atoms with Gasteiger partial charge in [0, 0.05) is 34.3 Å². The van der Waals surface area contributed by atoms with Gasteiger partial charge in [-0.2, -0.15) is 0 Å². The maximum absolute atomic E-state index is 12.4. The Hall–Kier alpha value is -2.52. The van der Waals surface area contributed by atoms with Crippen molar-refractivity contribution < 1.29 is 24.5 Å². The minimum atomic E-state index is -0.903. The van der Waals surface area contributed by atoms with E-state index in [9.17, 15) is 15.0 Å². The number of hydrogen-bond acceptors (Lipinski definition) is 7. The summed E-state index contributed by atoms with van der Waals surface area (Å²) in [6.45, 7) is 2.35. The van der Waals surface area contributed by atoms with Crippen LogP contribution in [-0.2, 0) is 4.79 Å². The van der Waals surface area contributed by atoms with Crippen LogP contribution in [0.2, 0.25) is 5.02 Å². The number of aliphatic hydroxyl groups excluding tert-OH is 1. The summed E-state index contributed by atoms with van der Waals surface area (Å²) >= 11 is 8.23. The Bertz CT molecular complexity index is 1220. The zero-order valence-corrected chi connectivity index (χ0v) is 22.7. The number of piperidine rings is 1. The number of methoxy groups -OCH3 is 2. The molecule has 0 saturated carbocycles. The number of carboxylic acid groups (broad SMARTS) is 1. The molecule has 0 bridgehead atoms. The summed E-state index contributed by atoms with van der Waals surface area (Å²) in [6.07, 6.45) is 2.42. The predicted molar refractivity (Wildman–Crippen MR) is 147 cm³/mol. The van der Waals surface area contributed by atoms with E-state index in [1.165, 1.54) is 11.1 Å². The number of carbonyl (C=O) groups is 1. The molecule has 198 valence electrons. The van der Waals surface area contributed by atoms with Crippen LogP contribution in [0.15, 0.2) is 53.6 Å². The Morgan fingerprint density at radius 3 is 2.46 bits per heavy atom. The summed E-state index contributed by atoms with van der Waals surface area (Å²) in [5, 5.41) is 22.4. The maximum atomic E-state index is 12.4. The quantitative estimate of drug-likeness (QED) is 0.298. The number of pyridine rings is 1. The van der Waals surface area contributed by atoms with Crippen LogP contribution >= 0.6 is 23.4 Å². The zero-order chi connectivity index (χ0) is 26.4. The Morgan fingerprint density at radius 1 is 1.14 bits per heavy atom. The molecule has 0 aliphatic carbocycles. The van der Waals surface area contributed by atoms with E-state index in [0.29, 0.717) is 52.9 Å². The summed E-state index contributed by atoms with van der Waals surface area (Å²) in [7, 11) is 3.24. The fraction of sp³-hybridized carbons (Fsp3) is 0.429. The maximum Gasteiger partial charge on any atom is 0.309 e. The van der Waals surface area contributed by atoms with Crippen LogP contribution in [0.5, 0.6) is 11.5 Å². The van der Waals surface area contributed by atoms with Gasteiger partial charge in [0.2, 0.25) is 0 Å². The Morgan fingerprint density at radius 2 is 1.81 bits per heavy atom. The molecule has 1 saturated heterocycles. The van der Waals surface area contributed by atoms with Gasteiger partial charge in [-0.25, -0.2) is 0 Å². The van der Waals surface area contributed by atoms with E-state index in [0.717, 1.165) is 31.1 Å². The van der Waals surface area contributed by atoms with Crippen molar-refractivity contribution in [2.24, 2.45) is 5.41 Å². The number of benzene rings is 2. The van der Waals surface area contributed by atoms with Crippen molar-refractivity contribution in [2.45, 2.75) is 36.7 Å². The molecule has 2 aromatic carbocycles. The number of likely N-dealkylation sites (tertiary alicyclic amines) is 1. The van der Waals surface area contributed by atoms with Crippen molar-refractivity contribution in [3.05, 3.63) is 59.2 Å². The van der Waals surface area contributed by atoms with E-state index in [1.54, 1.807) is 26.0 Å². The minimum absolute atomic E-state index is 0.301. The predicted octanol–water partition coefficient (Wildman–Crippen LogP) is 5.68. The summed E-state index contributed by atoms with van der Waals surface area (Å²) in [6, 6.07) is 13.4. The molecule has 4 rings (SSSR count). The highest BCUT2D eigenvalue weighted by molar-refractivity contribution is 7.99. The second-order valence-electron chi connectivity index (χ2n) is 9.41. The number of aliphatic carboxylic acids is 1. The first kappa shape index (κ1) is 27.5. The zero-order valence-electron chi connectivity index (χ0n) is 21.2. The molecule has 0 amide bonds. The molecule has 1 aliphatic rings. The van der Waals surface area contributed by atoms with Crippen molar-refractivity contribution in [3.8, 4) is 11.5 Å². The summed E-state index contributed by atoms with van der Waals surface area (Å²) in [5.74, 6) is 1.63. The van der Waals surface area contributed by atoms with Crippen LogP contribution in [0, 0.1) is 5.41 Å². The van der Waals surface area contributed by atoms with Crippen LogP contribution in [0.3, 0.4) is 0 Å². The Balaban J connectivity index is 1.35. The van der Waals surface area contributed by atoms with E-state index in [-0.39, 0.29) is 0 Å².